The molecule has 0 aromatic carbocycles. The lowest BCUT2D eigenvalue weighted by atomic mass is 9.70. The number of hydrogen-bond donors (Lipinski definition) is 1. The molecule has 1 saturated carbocycles. The van der Waals surface area contributed by atoms with Crippen molar-refractivity contribution in [1.29, 1.82) is 0 Å². The lowest BCUT2D eigenvalue weighted by molar-refractivity contribution is 0.155. The normalized spacial score (nSPS) is 18.8. The molecule has 4 heteroatoms. The first-order valence-corrected chi connectivity index (χ1v) is 6.20. The van der Waals surface area contributed by atoms with Gasteiger partial charge in [-0.05, 0) is 32.1 Å². The molecule has 2 rings (SSSR count). The van der Waals surface area contributed by atoms with Crippen LogP contribution in [0.2, 0.25) is 0 Å². The average Bonchev–Trinajstić information content (AvgIpc) is 2.63. The summed E-state index contributed by atoms with van der Waals surface area (Å²) in [6.45, 7) is 8.54. The minimum Gasteiger partial charge on any atom is -0.309 e. The van der Waals surface area contributed by atoms with Crippen LogP contribution in [0.15, 0.2) is 6.33 Å². The second-order valence-corrected chi connectivity index (χ2v) is 5.48. The molecule has 0 radical (unpaired) electrons. The van der Waals surface area contributed by atoms with Crippen LogP contribution in [0.3, 0.4) is 0 Å². The molecule has 1 heterocycles. The number of hydrogen-bond acceptors (Lipinski definition) is 3. The van der Waals surface area contributed by atoms with E-state index in [1.165, 1.54) is 19.3 Å². The van der Waals surface area contributed by atoms with Gasteiger partial charge in [-0.25, -0.2) is 9.67 Å². The highest BCUT2D eigenvalue weighted by atomic mass is 15.4. The molecule has 1 aliphatic rings. The van der Waals surface area contributed by atoms with Crippen molar-refractivity contribution in [3.63, 3.8) is 0 Å². The zero-order valence-electron chi connectivity index (χ0n) is 10.5. The summed E-state index contributed by atoms with van der Waals surface area (Å²) in [5, 5.41) is 7.73. The van der Waals surface area contributed by atoms with E-state index in [-0.39, 0.29) is 0 Å². The monoisotopic (exact) mass is 222 g/mol. The fourth-order valence-corrected chi connectivity index (χ4v) is 2.27. The largest absolute Gasteiger partial charge is 0.309 e. The third-order valence-corrected chi connectivity index (χ3v) is 3.53. The molecule has 0 atom stereocenters. The molecule has 90 valence electrons. The minimum atomic E-state index is 0.388. The van der Waals surface area contributed by atoms with Crippen LogP contribution in [0.1, 0.15) is 51.9 Å². The van der Waals surface area contributed by atoms with Gasteiger partial charge in [0.2, 0.25) is 0 Å². The molecule has 1 N–H and O–H groups in total. The summed E-state index contributed by atoms with van der Waals surface area (Å²) in [6, 6.07) is 0.388. The Kier molecular flexibility index (Phi) is 3.28. The van der Waals surface area contributed by atoms with E-state index in [4.69, 9.17) is 0 Å². The Labute approximate surface area is 97.5 Å². The highest BCUT2D eigenvalue weighted by Crippen LogP contribution is 2.39. The summed E-state index contributed by atoms with van der Waals surface area (Å²) in [5.74, 6) is 1.04. The van der Waals surface area contributed by atoms with Gasteiger partial charge in [-0.15, -0.1) is 0 Å². The molecule has 0 unspecified atom stereocenters. The number of nitrogens with one attached hydrogen (secondary N) is 1. The van der Waals surface area contributed by atoms with Crippen molar-refractivity contribution in [3.05, 3.63) is 12.2 Å². The van der Waals surface area contributed by atoms with Crippen LogP contribution in [0.4, 0.5) is 0 Å². The van der Waals surface area contributed by atoms with Gasteiger partial charge in [0, 0.05) is 12.6 Å². The van der Waals surface area contributed by atoms with Crippen molar-refractivity contribution in [2.45, 2.75) is 52.6 Å². The van der Waals surface area contributed by atoms with Crippen LogP contribution in [-0.4, -0.2) is 21.3 Å². The maximum Gasteiger partial charge on any atom is 0.141 e. The van der Waals surface area contributed by atoms with Crippen molar-refractivity contribution in [2.75, 3.05) is 6.54 Å². The van der Waals surface area contributed by atoms with E-state index in [0.29, 0.717) is 11.5 Å². The molecule has 1 fully saturated rings. The molecule has 0 bridgehead atoms. The lowest BCUT2D eigenvalue weighted by Gasteiger charge is -2.38. The van der Waals surface area contributed by atoms with Crippen molar-refractivity contribution < 1.29 is 0 Å². The standard InChI is InChI=1S/C12H22N4/c1-10(2)16-11(14-9-15-16)7-13-8-12(3)5-4-6-12/h9-10,13H,4-8H2,1-3H3. The van der Waals surface area contributed by atoms with Crippen LogP contribution in [0.5, 0.6) is 0 Å². The van der Waals surface area contributed by atoms with Gasteiger partial charge in [0.1, 0.15) is 12.2 Å². The number of aromatic nitrogens is 3. The van der Waals surface area contributed by atoms with E-state index >= 15 is 0 Å². The van der Waals surface area contributed by atoms with Crippen LogP contribution in [0.25, 0.3) is 0 Å². The van der Waals surface area contributed by atoms with Crippen molar-refractivity contribution in [1.82, 2.24) is 20.1 Å². The summed E-state index contributed by atoms with van der Waals surface area (Å²) in [4.78, 5) is 4.29. The van der Waals surface area contributed by atoms with E-state index in [1.54, 1.807) is 6.33 Å². The molecule has 0 aliphatic heterocycles. The third-order valence-electron chi connectivity index (χ3n) is 3.53. The Hall–Kier alpha value is -0.900. The summed E-state index contributed by atoms with van der Waals surface area (Å²) < 4.78 is 1.98. The fourth-order valence-electron chi connectivity index (χ4n) is 2.27. The summed E-state index contributed by atoms with van der Waals surface area (Å²) in [7, 11) is 0. The SMILES string of the molecule is CC(C)n1ncnc1CNCC1(C)CCC1. The van der Waals surface area contributed by atoms with E-state index in [1.807, 2.05) is 4.68 Å². The quantitative estimate of drug-likeness (QED) is 0.830. The first-order valence-electron chi connectivity index (χ1n) is 6.20. The van der Waals surface area contributed by atoms with Crippen LogP contribution >= 0.6 is 0 Å². The summed E-state index contributed by atoms with van der Waals surface area (Å²) in [5.41, 5.74) is 0.530. The van der Waals surface area contributed by atoms with Gasteiger partial charge in [0.05, 0.1) is 6.54 Å². The Morgan fingerprint density at radius 1 is 1.50 bits per heavy atom. The Bertz CT molecular complexity index is 339. The number of rotatable bonds is 5. The molecule has 1 aromatic rings. The van der Waals surface area contributed by atoms with Crippen molar-refractivity contribution >= 4 is 0 Å². The van der Waals surface area contributed by atoms with Gasteiger partial charge >= 0.3 is 0 Å². The van der Waals surface area contributed by atoms with E-state index in [0.717, 1.165) is 18.9 Å². The fraction of sp³-hybridized carbons (Fsp3) is 0.833. The molecule has 0 amide bonds. The maximum absolute atomic E-state index is 4.29. The minimum absolute atomic E-state index is 0.388. The average molecular weight is 222 g/mol. The third kappa shape index (κ3) is 2.43. The summed E-state index contributed by atoms with van der Waals surface area (Å²) >= 11 is 0. The summed E-state index contributed by atoms with van der Waals surface area (Å²) in [6.07, 6.45) is 5.75. The first kappa shape index (κ1) is 11.6. The topological polar surface area (TPSA) is 42.7 Å². The predicted octanol–water partition coefficient (Wildman–Crippen LogP) is 2.14. The van der Waals surface area contributed by atoms with Gasteiger partial charge < -0.3 is 5.32 Å². The van der Waals surface area contributed by atoms with Gasteiger partial charge in [0.25, 0.3) is 0 Å². The molecule has 1 aromatic heterocycles. The van der Waals surface area contributed by atoms with E-state index in [9.17, 15) is 0 Å². The lowest BCUT2D eigenvalue weighted by Crippen LogP contribution is -2.37. The highest BCUT2D eigenvalue weighted by Gasteiger charge is 2.31. The smallest absolute Gasteiger partial charge is 0.141 e. The molecule has 16 heavy (non-hydrogen) atoms. The maximum atomic E-state index is 4.29. The zero-order valence-corrected chi connectivity index (χ0v) is 10.5. The van der Waals surface area contributed by atoms with Crippen molar-refractivity contribution in [2.24, 2.45) is 5.41 Å². The first-order chi connectivity index (χ1) is 7.61. The molecular weight excluding hydrogens is 200 g/mol. The van der Waals surface area contributed by atoms with Gasteiger partial charge in [0.15, 0.2) is 0 Å². The molecule has 0 saturated heterocycles. The van der Waals surface area contributed by atoms with Crippen molar-refractivity contribution in [3.8, 4) is 0 Å². The predicted molar refractivity (Wildman–Crippen MR) is 64.1 cm³/mol. The zero-order chi connectivity index (χ0) is 11.6. The second-order valence-electron chi connectivity index (χ2n) is 5.48. The number of nitrogens with zero attached hydrogens (tertiary/aromatic N) is 3. The second kappa shape index (κ2) is 4.53. The Morgan fingerprint density at radius 2 is 2.25 bits per heavy atom. The molecule has 1 aliphatic carbocycles. The highest BCUT2D eigenvalue weighted by molar-refractivity contribution is 4.89. The van der Waals surface area contributed by atoms with Crippen LogP contribution in [0, 0.1) is 5.41 Å². The molecule has 4 nitrogen and oxygen atoms in total. The Morgan fingerprint density at radius 3 is 2.81 bits per heavy atom. The Balaban J connectivity index is 1.82. The van der Waals surface area contributed by atoms with Gasteiger partial charge in [-0.2, -0.15) is 5.10 Å². The van der Waals surface area contributed by atoms with Crippen LogP contribution < -0.4 is 5.32 Å². The molecular formula is C12H22N4. The molecule has 0 spiro atoms. The van der Waals surface area contributed by atoms with E-state index in [2.05, 4.69) is 36.2 Å². The van der Waals surface area contributed by atoms with Gasteiger partial charge in [-0.3, -0.25) is 0 Å². The van der Waals surface area contributed by atoms with E-state index < -0.39 is 0 Å². The van der Waals surface area contributed by atoms with Gasteiger partial charge in [-0.1, -0.05) is 13.3 Å². The van der Waals surface area contributed by atoms with Crippen LogP contribution in [-0.2, 0) is 6.54 Å².